The zero-order valence-corrected chi connectivity index (χ0v) is 12.0. The van der Waals surface area contributed by atoms with Crippen LogP contribution in [0.15, 0.2) is 11.1 Å². The van der Waals surface area contributed by atoms with Gasteiger partial charge in [0.1, 0.15) is 5.78 Å². The van der Waals surface area contributed by atoms with Gasteiger partial charge in [0.2, 0.25) is 0 Å². The highest BCUT2D eigenvalue weighted by molar-refractivity contribution is 5.82. The van der Waals surface area contributed by atoms with E-state index in [0.29, 0.717) is 5.78 Å². The van der Waals surface area contributed by atoms with Gasteiger partial charge in [-0.25, -0.2) is 0 Å². The molecule has 2 aliphatic carbocycles. The number of carbonyl (C=O) groups is 1. The van der Waals surface area contributed by atoms with Crippen LogP contribution in [-0.4, -0.2) is 5.78 Å². The van der Waals surface area contributed by atoms with Gasteiger partial charge in [0.15, 0.2) is 0 Å². The van der Waals surface area contributed by atoms with Gasteiger partial charge < -0.3 is 0 Å². The van der Waals surface area contributed by atoms with Crippen molar-refractivity contribution in [2.75, 3.05) is 0 Å². The molecule has 0 radical (unpaired) electrons. The molecule has 0 aromatic rings. The predicted molar refractivity (Wildman–Crippen MR) is 76.6 cm³/mol. The van der Waals surface area contributed by atoms with Gasteiger partial charge >= 0.3 is 0 Å². The van der Waals surface area contributed by atoms with Crippen LogP contribution in [0.4, 0.5) is 0 Å². The Morgan fingerprint density at radius 1 is 1.00 bits per heavy atom. The highest BCUT2D eigenvalue weighted by Gasteiger charge is 2.25. The second-order valence-corrected chi connectivity index (χ2v) is 6.23. The zero-order valence-electron chi connectivity index (χ0n) is 12.0. The molecule has 0 saturated carbocycles. The molecule has 1 unspecified atom stereocenters. The molecule has 0 aliphatic heterocycles. The molecule has 0 spiro atoms. The second kappa shape index (κ2) is 7.11. The van der Waals surface area contributed by atoms with Crippen LogP contribution >= 0.6 is 0 Å². The van der Waals surface area contributed by atoms with Crippen molar-refractivity contribution in [3.05, 3.63) is 11.1 Å². The quantitative estimate of drug-likeness (QED) is 0.466. The first-order valence-electron chi connectivity index (χ1n) is 8.01. The SMILES string of the molecule is CCCCCCCC1CCC2=C(CCC(=O)C2)C1. The molecular weight excluding hydrogens is 220 g/mol. The molecule has 2 rings (SSSR count). The van der Waals surface area contributed by atoms with E-state index >= 15 is 0 Å². The van der Waals surface area contributed by atoms with Crippen LogP contribution in [0.1, 0.15) is 84.0 Å². The molecule has 1 atom stereocenters. The van der Waals surface area contributed by atoms with E-state index in [1.165, 1.54) is 63.4 Å². The highest BCUT2D eigenvalue weighted by atomic mass is 16.1. The third-order valence-electron chi connectivity index (χ3n) is 4.72. The summed E-state index contributed by atoms with van der Waals surface area (Å²) >= 11 is 0. The lowest BCUT2D eigenvalue weighted by atomic mass is 9.75. The summed E-state index contributed by atoms with van der Waals surface area (Å²) in [6.45, 7) is 2.28. The van der Waals surface area contributed by atoms with Crippen LogP contribution in [0.2, 0.25) is 0 Å². The van der Waals surface area contributed by atoms with E-state index in [1.54, 1.807) is 5.57 Å². The fourth-order valence-corrected chi connectivity index (χ4v) is 3.54. The monoisotopic (exact) mass is 248 g/mol. The van der Waals surface area contributed by atoms with Gasteiger partial charge in [-0.2, -0.15) is 0 Å². The van der Waals surface area contributed by atoms with Gasteiger partial charge in [0, 0.05) is 12.8 Å². The van der Waals surface area contributed by atoms with Gasteiger partial charge in [0.25, 0.3) is 0 Å². The minimum Gasteiger partial charge on any atom is -0.299 e. The number of hydrogen-bond donors (Lipinski definition) is 0. The molecule has 0 aromatic heterocycles. The van der Waals surface area contributed by atoms with E-state index in [-0.39, 0.29) is 0 Å². The largest absolute Gasteiger partial charge is 0.299 e. The van der Waals surface area contributed by atoms with Gasteiger partial charge in [-0.3, -0.25) is 4.79 Å². The van der Waals surface area contributed by atoms with Crippen molar-refractivity contribution in [3.63, 3.8) is 0 Å². The van der Waals surface area contributed by atoms with Gasteiger partial charge in [0.05, 0.1) is 0 Å². The van der Waals surface area contributed by atoms with Crippen LogP contribution in [0.5, 0.6) is 0 Å². The third-order valence-corrected chi connectivity index (χ3v) is 4.72. The van der Waals surface area contributed by atoms with Crippen LogP contribution in [0.3, 0.4) is 0 Å². The summed E-state index contributed by atoms with van der Waals surface area (Å²) in [4.78, 5) is 11.4. The smallest absolute Gasteiger partial charge is 0.137 e. The number of carbonyl (C=O) groups excluding carboxylic acids is 1. The summed E-state index contributed by atoms with van der Waals surface area (Å²) in [6.07, 6.45) is 15.0. The minimum atomic E-state index is 0.478. The fourth-order valence-electron chi connectivity index (χ4n) is 3.54. The molecule has 0 aromatic carbocycles. The van der Waals surface area contributed by atoms with E-state index in [0.717, 1.165) is 25.2 Å². The first-order valence-corrected chi connectivity index (χ1v) is 8.01. The zero-order chi connectivity index (χ0) is 12.8. The lowest BCUT2D eigenvalue weighted by Crippen LogP contribution is -2.17. The molecule has 0 amide bonds. The van der Waals surface area contributed by atoms with E-state index in [1.807, 2.05) is 0 Å². The van der Waals surface area contributed by atoms with E-state index in [4.69, 9.17) is 0 Å². The average Bonchev–Trinajstić information content (AvgIpc) is 2.38. The lowest BCUT2D eigenvalue weighted by molar-refractivity contribution is -0.118. The Morgan fingerprint density at radius 2 is 1.83 bits per heavy atom. The first-order chi connectivity index (χ1) is 8.79. The molecular formula is C17H28O. The molecule has 2 aliphatic rings. The summed E-state index contributed by atoms with van der Waals surface area (Å²) < 4.78 is 0. The van der Waals surface area contributed by atoms with E-state index in [2.05, 4.69) is 6.92 Å². The molecule has 0 N–H and O–H groups in total. The predicted octanol–water partition coefficient (Wildman–Crippen LogP) is 5.20. The Bertz CT molecular complexity index is 314. The number of allylic oxidation sites excluding steroid dienone is 2. The topological polar surface area (TPSA) is 17.1 Å². The number of unbranched alkanes of at least 4 members (excludes halogenated alkanes) is 4. The van der Waals surface area contributed by atoms with E-state index < -0.39 is 0 Å². The number of Topliss-reactive ketones (excluding diaryl/α,β-unsaturated/α-hetero) is 1. The maximum Gasteiger partial charge on any atom is 0.137 e. The van der Waals surface area contributed by atoms with Crippen LogP contribution < -0.4 is 0 Å². The van der Waals surface area contributed by atoms with Crippen LogP contribution in [-0.2, 0) is 4.79 Å². The summed E-state index contributed by atoms with van der Waals surface area (Å²) in [5.41, 5.74) is 3.19. The van der Waals surface area contributed by atoms with Crippen LogP contribution in [0.25, 0.3) is 0 Å². The summed E-state index contributed by atoms with van der Waals surface area (Å²) in [5.74, 6) is 1.41. The van der Waals surface area contributed by atoms with Crippen molar-refractivity contribution < 1.29 is 4.79 Å². The Kier molecular flexibility index (Phi) is 5.46. The normalized spacial score (nSPS) is 24.3. The minimum absolute atomic E-state index is 0.478. The molecule has 0 bridgehead atoms. The molecule has 0 saturated heterocycles. The van der Waals surface area contributed by atoms with Crippen molar-refractivity contribution in [1.29, 1.82) is 0 Å². The molecule has 1 nitrogen and oxygen atoms in total. The molecule has 1 heteroatoms. The molecule has 102 valence electrons. The fraction of sp³-hybridized carbons (Fsp3) is 0.824. The maximum atomic E-state index is 11.4. The molecule has 0 heterocycles. The van der Waals surface area contributed by atoms with Crippen molar-refractivity contribution in [1.82, 2.24) is 0 Å². The highest BCUT2D eigenvalue weighted by Crippen LogP contribution is 2.38. The van der Waals surface area contributed by atoms with E-state index in [9.17, 15) is 4.79 Å². The standard InChI is InChI=1S/C17H28O/c1-2-3-4-5-6-7-14-8-9-16-13-17(18)11-10-15(16)12-14/h14H,2-13H2,1H3. The van der Waals surface area contributed by atoms with Crippen molar-refractivity contribution in [2.45, 2.75) is 84.0 Å². The van der Waals surface area contributed by atoms with Crippen molar-refractivity contribution in [2.24, 2.45) is 5.92 Å². The molecule has 18 heavy (non-hydrogen) atoms. The van der Waals surface area contributed by atoms with Crippen LogP contribution in [0, 0.1) is 5.92 Å². The van der Waals surface area contributed by atoms with Gasteiger partial charge in [-0.05, 0) is 31.6 Å². The number of hydrogen-bond acceptors (Lipinski definition) is 1. The van der Waals surface area contributed by atoms with Crippen molar-refractivity contribution >= 4 is 5.78 Å². The second-order valence-electron chi connectivity index (χ2n) is 6.23. The Hall–Kier alpha value is -0.590. The first kappa shape index (κ1) is 13.8. The summed E-state index contributed by atoms with van der Waals surface area (Å²) in [7, 11) is 0. The van der Waals surface area contributed by atoms with Crippen molar-refractivity contribution in [3.8, 4) is 0 Å². The number of rotatable bonds is 6. The average molecular weight is 248 g/mol. The number of ketones is 1. The lowest BCUT2D eigenvalue weighted by Gasteiger charge is -2.30. The molecule has 0 fully saturated rings. The maximum absolute atomic E-state index is 11.4. The Balaban J connectivity index is 1.70. The third kappa shape index (κ3) is 3.96. The van der Waals surface area contributed by atoms with Gasteiger partial charge in [-0.15, -0.1) is 0 Å². The summed E-state index contributed by atoms with van der Waals surface area (Å²) in [6, 6.07) is 0. The Morgan fingerprint density at radius 3 is 2.67 bits per heavy atom. The Labute approximate surface area is 112 Å². The summed E-state index contributed by atoms with van der Waals surface area (Å²) in [5, 5.41) is 0. The van der Waals surface area contributed by atoms with Gasteiger partial charge in [-0.1, -0.05) is 56.6 Å².